The first-order chi connectivity index (χ1) is 15.6. The molecule has 6 heteroatoms. The highest BCUT2D eigenvalue weighted by atomic mass is 16.5. The van der Waals surface area contributed by atoms with E-state index in [0.29, 0.717) is 51.0 Å². The van der Waals surface area contributed by atoms with Crippen molar-refractivity contribution >= 4 is 11.9 Å². The van der Waals surface area contributed by atoms with Crippen LogP contribution in [0, 0.1) is 0 Å². The molecule has 0 spiro atoms. The average molecular weight is 432 g/mol. The lowest BCUT2D eigenvalue weighted by molar-refractivity contribution is 0.0962. The minimum atomic E-state index is -0.710. The van der Waals surface area contributed by atoms with E-state index in [1.54, 1.807) is 70.9 Å². The van der Waals surface area contributed by atoms with Gasteiger partial charge >= 0.3 is 0 Å². The van der Waals surface area contributed by atoms with Gasteiger partial charge in [0, 0.05) is 16.7 Å². The fourth-order valence-electron chi connectivity index (χ4n) is 3.76. The van der Waals surface area contributed by atoms with Crippen LogP contribution < -0.4 is 23.7 Å². The fourth-order valence-corrected chi connectivity index (χ4v) is 3.76. The Kier molecular flexibility index (Phi) is 6.03. The molecule has 4 rings (SSSR count). The number of hydrogen-bond donors (Lipinski definition) is 0. The lowest BCUT2D eigenvalue weighted by Crippen LogP contribution is -2.24. The van der Waals surface area contributed by atoms with Crippen molar-refractivity contribution < 1.29 is 28.5 Å². The van der Waals surface area contributed by atoms with E-state index in [1.165, 1.54) is 0 Å². The van der Waals surface area contributed by atoms with Gasteiger partial charge in [-0.3, -0.25) is 4.79 Å². The van der Waals surface area contributed by atoms with Gasteiger partial charge in [0.25, 0.3) is 0 Å². The molecular weight excluding hydrogens is 408 g/mol. The van der Waals surface area contributed by atoms with E-state index in [-0.39, 0.29) is 5.78 Å². The van der Waals surface area contributed by atoms with Crippen LogP contribution in [0.1, 0.15) is 27.6 Å². The molecule has 1 heterocycles. The number of carbonyl (C=O) groups excluding carboxylic acids is 1. The van der Waals surface area contributed by atoms with E-state index in [4.69, 9.17) is 23.7 Å². The van der Waals surface area contributed by atoms with E-state index >= 15 is 0 Å². The molecule has 0 radical (unpaired) electrons. The second-order valence-corrected chi connectivity index (χ2v) is 7.14. The predicted molar refractivity (Wildman–Crippen MR) is 121 cm³/mol. The van der Waals surface area contributed by atoms with Crippen molar-refractivity contribution in [3.63, 3.8) is 0 Å². The molecule has 0 aliphatic carbocycles. The van der Waals surface area contributed by atoms with Crippen LogP contribution in [0.2, 0.25) is 0 Å². The van der Waals surface area contributed by atoms with E-state index in [1.807, 2.05) is 24.3 Å². The maximum Gasteiger partial charge on any atom is 0.196 e. The number of ether oxygens (including phenoxy) is 5. The highest BCUT2D eigenvalue weighted by molar-refractivity contribution is 6.14. The molecule has 1 atom stereocenters. The van der Waals surface area contributed by atoms with Crippen LogP contribution in [0.3, 0.4) is 0 Å². The van der Waals surface area contributed by atoms with Crippen molar-refractivity contribution in [1.82, 2.24) is 0 Å². The summed E-state index contributed by atoms with van der Waals surface area (Å²) < 4.78 is 28.2. The largest absolute Gasteiger partial charge is 0.497 e. The zero-order valence-electron chi connectivity index (χ0n) is 18.4. The van der Waals surface area contributed by atoms with Gasteiger partial charge in [-0.05, 0) is 54.6 Å². The van der Waals surface area contributed by atoms with Crippen LogP contribution >= 0.6 is 0 Å². The maximum absolute atomic E-state index is 13.6. The van der Waals surface area contributed by atoms with Crippen LogP contribution in [0.15, 0.2) is 66.2 Å². The third kappa shape index (κ3) is 3.87. The number of hydrogen-bond acceptors (Lipinski definition) is 6. The van der Waals surface area contributed by atoms with E-state index in [0.717, 1.165) is 0 Å². The van der Waals surface area contributed by atoms with Gasteiger partial charge in [0.2, 0.25) is 0 Å². The quantitative estimate of drug-likeness (QED) is 0.504. The molecule has 0 N–H and O–H groups in total. The molecule has 1 unspecified atom stereocenters. The Morgan fingerprint density at radius 1 is 0.781 bits per heavy atom. The third-order valence-electron chi connectivity index (χ3n) is 5.39. The molecule has 6 nitrogen and oxygen atoms in total. The number of benzene rings is 3. The minimum Gasteiger partial charge on any atom is -0.497 e. The van der Waals surface area contributed by atoms with Gasteiger partial charge in [0.05, 0.1) is 34.0 Å². The van der Waals surface area contributed by atoms with Gasteiger partial charge in [0.1, 0.15) is 28.7 Å². The van der Waals surface area contributed by atoms with Gasteiger partial charge in [-0.15, -0.1) is 0 Å². The Labute approximate surface area is 186 Å². The maximum atomic E-state index is 13.6. The smallest absolute Gasteiger partial charge is 0.196 e. The Balaban J connectivity index is 1.94. The number of Topliss-reactive ketones (excluding diaryl/α,β-unsaturated/α-hetero) is 1. The summed E-state index contributed by atoms with van der Waals surface area (Å²) in [6.07, 6.45) is 1.07. The number of para-hydroxylation sites is 1. The first-order valence-electron chi connectivity index (χ1n) is 10.1. The summed E-state index contributed by atoms with van der Waals surface area (Å²) in [6.45, 7) is 0. The van der Waals surface area contributed by atoms with Crippen LogP contribution in [0.25, 0.3) is 6.08 Å². The summed E-state index contributed by atoms with van der Waals surface area (Å²) in [7, 11) is 6.35. The van der Waals surface area contributed by atoms with Crippen LogP contribution in [-0.4, -0.2) is 34.2 Å². The number of fused-ring (bicyclic) bond motifs is 1. The summed E-state index contributed by atoms with van der Waals surface area (Å²) in [5.41, 5.74) is 2.33. The van der Waals surface area contributed by atoms with Gasteiger partial charge in [0.15, 0.2) is 11.9 Å². The second kappa shape index (κ2) is 9.06. The van der Waals surface area contributed by atoms with Gasteiger partial charge in [-0.2, -0.15) is 0 Å². The Bertz CT molecular complexity index is 1180. The summed E-state index contributed by atoms with van der Waals surface area (Å²) in [5, 5.41) is 0. The minimum absolute atomic E-state index is 0.133. The second-order valence-electron chi connectivity index (χ2n) is 7.14. The lowest BCUT2D eigenvalue weighted by atomic mass is 9.89. The standard InChI is InChI=1S/C26H24O6/c1-28-17-9-11-22(30-3)16(13-17)14-21-25(27)19-7-5-6-8-24(19)32-26(21)20-15-18(29-2)10-12-23(20)31-4/h5-15,26H,1-4H3/b21-14-. The molecule has 0 fully saturated rings. The van der Waals surface area contributed by atoms with Gasteiger partial charge < -0.3 is 23.7 Å². The first-order valence-corrected chi connectivity index (χ1v) is 10.1. The van der Waals surface area contributed by atoms with E-state index < -0.39 is 6.10 Å². The molecule has 1 aliphatic heterocycles. The van der Waals surface area contributed by atoms with Crippen molar-refractivity contribution in [3.05, 3.63) is 82.9 Å². The van der Waals surface area contributed by atoms with Crippen molar-refractivity contribution in [2.75, 3.05) is 28.4 Å². The highest BCUT2D eigenvalue weighted by Gasteiger charge is 2.35. The van der Waals surface area contributed by atoms with Crippen molar-refractivity contribution in [1.29, 1.82) is 0 Å². The number of rotatable bonds is 6. The molecule has 0 bridgehead atoms. The predicted octanol–water partition coefficient (Wildman–Crippen LogP) is 5.12. The van der Waals surface area contributed by atoms with Crippen LogP contribution in [-0.2, 0) is 0 Å². The van der Waals surface area contributed by atoms with Crippen LogP contribution in [0.5, 0.6) is 28.7 Å². The zero-order chi connectivity index (χ0) is 22.7. The summed E-state index contributed by atoms with van der Waals surface area (Å²) >= 11 is 0. The Morgan fingerprint density at radius 3 is 2.12 bits per heavy atom. The highest BCUT2D eigenvalue weighted by Crippen LogP contribution is 2.43. The Hall–Kier alpha value is -3.93. The van der Waals surface area contributed by atoms with E-state index in [9.17, 15) is 4.79 Å². The molecule has 1 aliphatic rings. The normalized spacial score (nSPS) is 16.2. The molecule has 0 saturated heterocycles. The van der Waals surface area contributed by atoms with Gasteiger partial charge in [-0.1, -0.05) is 12.1 Å². The molecule has 0 saturated carbocycles. The summed E-state index contributed by atoms with van der Waals surface area (Å²) in [4.78, 5) is 13.6. The topological polar surface area (TPSA) is 63.2 Å². The van der Waals surface area contributed by atoms with Crippen molar-refractivity contribution in [3.8, 4) is 28.7 Å². The number of ketones is 1. The number of carbonyl (C=O) groups is 1. The molecule has 3 aromatic carbocycles. The Morgan fingerprint density at radius 2 is 1.44 bits per heavy atom. The average Bonchev–Trinajstić information content (AvgIpc) is 2.85. The molecular formula is C26H24O6. The first kappa shape index (κ1) is 21.3. The van der Waals surface area contributed by atoms with E-state index in [2.05, 4.69) is 0 Å². The van der Waals surface area contributed by atoms with Crippen molar-refractivity contribution in [2.45, 2.75) is 6.10 Å². The monoisotopic (exact) mass is 432 g/mol. The lowest BCUT2D eigenvalue weighted by Gasteiger charge is -2.29. The molecule has 3 aromatic rings. The fraction of sp³-hybridized carbons (Fsp3) is 0.192. The van der Waals surface area contributed by atoms with Crippen molar-refractivity contribution in [2.24, 2.45) is 0 Å². The molecule has 32 heavy (non-hydrogen) atoms. The molecule has 0 aromatic heterocycles. The summed E-state index contributed by atoms with van der Waals surface area (Å²) in [6, 6.07) is 18.0. The molecule has 164 valence electrons. The SMILES string of the molecule is COc1ccc(OC)c(/C=C2/C(=O)c3ccccc3OC2c2cc(OC)ccc2OC)c1. The summed E-state index contributed by atoms with van der Waals surface area (Å²) in [5.74, 6) is 2.87. The van der Waals surface area contributed by atoms with Crippen LogP contribution in [0.4, 0.5) is 0 Å². The number of methoxy groups -OCH3 is 4. The zero-order valence-corrected chi connectivity index (χ0v) is 18.4. The molecule has 0 amide bonds. The van der Waals surface area contributed by atoms with Gasteiger partial charge in [-0.25, -0.2) is 0 Å². The third-order valence-corrected chi connectivity index (χ3v) is 5.39.